The van der Waals surface area contributed by atoms with Crippen molar-refractivity contribution in [3.8, 4) is 0 Å². The topological polar surface area (TPSA) is 99.4 Å². The average Bonchev–Trinajstić information content (AvgIpc) is 3.09. The van der Waals surface area contributed by atoms with E-state index in [9.17, 15) is 28.6 Å². The quantitative estimate of drug-likeness (QED) is 0.244. The predicted octanol–water partition coefficient (Wildman–Crippen LogP) is 4.29. The van der Waals surface area contributed by atoms with Gasteiger partial charge in [0, 0.05) is 24.3 Å². The molecule has 6 atom stereocenters. The number of carbonyl (C=O) groups excluding carboxylic acids is 2. The van der Waals surface area contributed by atoms with Crippen molar-refractivity contribution in [1.82, 2.24) is 0 Å². The van der Waals surface area contributed by atoms with Gasteiger partial charge in [-0.3, -0.25) is 9.59 Å². The molecular weight excluding hydrogens is 482 g/mol. The van der Waals surface area contributed by atoms with Crippen LogP contribution in [0.3, 0.4) is 0 Å². The van der Waals surface area contributed by atoms with E-state index in [-0.39, 0.29) is 24.6 Å². The van der Waals surface area contributed by atoms with Crippen molar-refractivity contribution >= 4 is 23.2 Å². The normalized spacial score (nSPS) is 30.8. The third-order valence-electron chi connectivity index (χ3n) is 7.71. The molecule has 1 aromatic rings. The second-order valence-electron chi connectivity index (χ2n) is 10.5. The number of allylic oxidation sites excluding steroid dienone is 3. The third kappa shape index (κ3) is 5.52. The molecule has 7 nitrogen and oxygen atoms in total. The number of amides is 2. The number of oxime groups is 1. The van der Waals surface area contributed by atoms with Crippen molar-refractivity contribution in [2.75, 3.05) is 11.5 Å². The van der Waals surface area contributed by atoms with Crippen LogP contribution in [-0.4, -0.2) is 46.6 Å². The monoisotopic (exact) mass is 516 g/mol. The largest absolute Gasteiger partial charge is 0.392 e. The van der Waals surface area contributed by atoms with Gasteiger partial charge in [-0.05, 0) is 64.7 Å². The minimum atomic E-state index is -1.25. The maximum Gasteiger partial charge on any atom is 0.238 e. The zero-order valence-electron chi connectivity index (χ0n) is 21.4. The van der Waals surface area contributed by atoms with E-state index >= 15 is 0 Å². The first-order valence-corrected chi connectivity index (χ1v) is 12.8. The second-order valence-corrected chi connectivity index (χ2v) is 10.5. The van der Waals surface area contributed by atoms with Gasteiger partial charge >= 0.3 is 0 Å². The zero-order valence-corrected chi connectivity index (χ0v) is 21.4. The lowest BCUT2D eigenvalue weighted by Gasteiger charge is -2.45. The van der Waals surface area contributed by atoms with Gasteiger partial charge in [0.15, 0.2) is 0 Å². The number of nitrogens with zero attached hydrogens (tertiary/aromatic N) is 2. The highest BCUT2D eigenvalue weighted by Gasteiger charge is 2.60. The van der Waals surface area contributed by atoms with E-state index in [2.05, 4.69) is 25.1 Å². The van der Waals surface area contributed by atoms with E-state index in [4.69, 9.17) is 4.84 Å². The van der Waals surface area contributed by atoms with Gasteiger partial charge in [-0.25, -0.2) is 13.7 Å². The summed E-state index contributed by atoms with van der Waals surface area (Å²) in [4.78, 5) is 32.9. The maximum absolute atomic E-state index is 14.5. The number of carbonyl (C=O) groups is 2. The molecule has 200 valence electrons. The fourth-order valence-corrected chi connectivity index (χ4v) is 5.86. The van der Waals surface area contributed by atoms with Crippen molar-refractivity contribution in [3.63, 3.8) is 0 Å². The Morgan fingerprint density at radius 1 is 1.11 bits per heavy atom. The average molecular weight is 517 g/mol. The van der Waals surface area contributed by atoms with Crippen LogP contribution >= 0.6 is 0 Å². The van der Waals surface area contributed by atoms with Crippen molar-refractivity contribution in [2.45, 2.75) is 65.1 Å². The summed E-state index contributed by atoms with van der Waals surface area (Å²) < 4.78 is 27.9. The first-order chi connectivity index (χ1) is 17.6. The summed E-state index contributed by atoms with van der Waals surface area (Å²) in [7, 11) is 0. The molecule has 0 bridgehead atoms. The molecule has 1 saturated heterocycles. The third-order valence-corrected chi connectivity index (χ3v) is 7.71. The Labute approximate surface area is 215 Å². The number of benzene rings is 1. The lowest BCUT2D eigenvalue weighted by Crippen LogP contribution is -2.54. The number of hydrogen-bond acceptors (Lipinski definition) is 6. The van der Waals surface area contributed by atoms with Crippen molar-refractivity contribution in [3.05, 3.63) is 53.1 Å². The minimum absolute atomic E-state index is 0.0986. The van der Waals surface area contributed by atoms with Crippen LogP contribution < -0.4 is 4.90 Å². The molecule has 2 N–H and O–H groups in total. The second kappa shape index (κ2) is 11.2. The highest BCUT2D eigenvalue weighted by atomic mass is 19.1. The standard InChI is InChI=1S/C28H34F2N2O5/c1-15(2)5-4-6-16(3)11-12-37-31-21-14-23(33)26(34)24-18(21)8-9-19-25(24)28(36)32(27(19)35)22-10-7-17(29)13-20(22)30/h5,7,10-11,13,18-19,23-26,33-34H,4,6,8-9,12,14H2,1-3H3/b16-11+,31-21+/t18-,19-,23-,24+,25-,26-/m1/s1. The van der Waals surface area contributed by atoms with Crippen LogP contribution in [0.4, 0.5) is 14.5 Å². The zero-order chi connectivity index (χ0) is 26.9. The van der Waals surface area contributed by atoms with Gasteiger partial charge in [0.05, 0.1) is 35.4 Å². The summed E-state index contributed by atoms with van der Waals surface area (Å²) in [5.74, 6) is -5.89. The van der Waals surface area contributed by atoms with Crippen LogP contribution in [0.5, 0.6) is 0 Å². The van der Waals surface area contributed by atoms with Gasteiger partial charge in [0.2, 0.25) is 11.8 Å². The smallest absolute Gasteiger partial charge is 0.238 e. The molecule has 3 fully saturated rings. The Morgan fingerprint density at radius 2 is 1.84 bits per heavy atom. The van der Waals surface area contributed by atoms with Crippen LogP contribution in [0.2, 0.25) is 0 Å². The summed E-state index contributed by atoms with van der Waals surface area (Å²) in [6, 6.07) is 2.68. The van der Waals surface area contributed by atoms with Gasteiger partial charge in [-0.1, -0.05) is 22.4 Å². The molecule has 2 amide bonds. The molecule has 1 heterocycles. The summed E-state index contributed by atoms with van der Waals surface area (Å²) in [6.07, 6.45) is 4.46. The number of hydrogen-bond donors (Lipinski definition) is 2. The molecule has 0 radical (unpaired) electrons. The Bertz CT molecular complexity index is 1140. The Hall–Kier alpha value is -2.91. The lowest BCUT2D eigenvalue weighted by atomic mass is 9.60. The summed E-state index contributed by atoms with van der Waals surface area (Å²) >= 11 is 0. The molecular formula is C28H34F2N2O5. The fraction of sp³-hybridized carbons (Fsp3) is 0.536. The number of fused-ring (bicyclic) bond motifs is 3. The SMILES string of the molecule is CC(C)=CCC/C(C)=C/CO/N=C1\C[C@@H](O)[C@@H](O)[C@@H]2[C@@H]3C(=O)N(c4ccc(F)cc4F)C(=O)[C@@H]3CC[C@H]12. The van der Waals surface area contributed by atoms with Gasteiger partial charge < -0.3 is 15.1 Å². The van der Waals surface area contributed by atoms with E-state index < -0.39 is 53.4 Å². The number of anilines is 1. The molecule has 0 spiro atoms. The van der Waals surface area contributed by atoms with Crippen LogP contribution in [-0.2, 0) is 14.4 Å². The molecule has 1 aromatic carbocycles. The van der Waals surface area contributed by atoms with E-state index in [0.717, 1.165) is 29.9 Å². The van der Waals surface area contributed by atoms with E-state index in [1.54, 1.807) is 0 Å². The number of imide groups is 1. The van der Waals surface area contributed by atoms with Crippen molar-refractivity contribution in [1.29, 1.82) is 0 Å². The predicted molar refractivity (Wildman–Crippen MR) is 134 cm³/mol. The van der Waals surface area contributed by atoms with Gasteiger partial charge in [0.1, 0.15) is 18.2 Å². The highest BCUT2D eigenvalue weighted by Crippen LogP contribution is 2.50. The van der Waals surface area contributed by atoms with Crippen LogP contribution in [0, 0.1) is 35.3 Å². The maximum atomic E-state index is 14.5. The first-order valence-electron chi connectivity index (χ1n) is 12.8. The molecule has 9 heteroatoms. The number of aliphatic hydroxyl groups excluding tert-OH is 2. The summed E-state index contributed by atoms with van der Waals surface area (Å²) in [6.45, 7) is 6.39. The number of halogens is 2. The van der Waals surface area contributed by atoms with Crippen molar-refractivity contribution in [2.24, 2.45) is 28.8 Å². The number of rotatable bonds is 7. The van der Waals surface area contributed by atoms with Gasteiger partial charge in [-0.2, -0.15) is 0 Å². The molecule has 4 rings (SSSR count). The molecule has 0 aromatic heterocycles. The van der Waals surface area contributed by atoms with E-state index in [1.165, 1.54) is 11.1 Å². The first kappa shape index (κ1) is 27.1. The van der Waals surface area contributed by atoms with Gasteiger partial charge in [-0.15, -0.1) is 0 Å². The molecule has 3 aliphatic rings. The fourth-order valence-electron chi connectivity index (χ4n) is 5.86. The Morgan fingerprint density at radius 3 is 2.54 bits per heavy atom. The van der Waals surface area contributed by atoms with E-state index in [0.29, 0.717) is 24.6 Å². The lowest BCUT2D eigenvalue weighted by molar-refractivity contribution is -0.132. The van der Waals surface area contributed by atoms with Crippen LogP contribution in [0.1, 0.15) is 52.9 Å². The van der Waals surface area contributed by atoms with Crippen molar-refractivity contribution < 1.29 is 33.4 Å². The van der Waals surface area contributed by atoms with Crippen LogP contribution in [0.15, 0.2) is 46.7 Å². The molecule has 2 saturated carbocycles. The molecule has 2 aliphatic carbocycles. The van der Waals surface area contributed by atoms with Crippen LogP contribution in [0.25, 0.3) is 0 Å². The Kier molecular flexibility index (Phi) is 8.23. The molecule has 0 unspecified atom stereocenters. The summed E-state index contributed by atoms with van der Waals surface area (Å²) in [5, 5.41) is 25.7. The molecule has 37 heavy (non-hydrogen) atoms. The van der Waals surface area contributed by atoms with E-state index in [1.807, 2.05) is 13.0 Å². The van der Waals surface area contributed by atoms with Gasteiger partial charge in [0.25, 0.3) is 0 Å². The summed E-state index contributed by atoms with van der Waals surface area (Å²) in [5.41, 5.74) is 2.67. The number of aliphatic hydroxyl groups is 2. The molecule has 1 aliphatic heterocycles. The Balaban J connectivity index is 1.51. The minimum Gasteiger partial charge on any atom is -0.392 e. The highest BCUT2D eigenvalue weighted by molar-refractivity contribution is 6.22.